The summed E-state index contributed by atoms with van der Waals surface area (Å²) in [5, 5.41) is 4.00. The van der Waals surface area contributed by atoms with Crippen LogP contribution in [0.15, 0.2) is 22.6 Å². The molecule has 0 bridgehead atoms. The van der Waals surface area contributed by atoms with Gasteiger partial charge in [0.05, 0.1) is 5.02 Å². The topological polar surface area (TPSA) is 38.1 Å². The highest BCUT2D eigenvalue weighted by atomic mass is 35.5. The fourth-order valence-electron chi connectivity index (χ4n) is 2.17. The van der Waals surface area contributed by atoms with Crippen LogP contribution in [0.5, 0.6) is 0 Å². The van der Waals surface area contributed by atoms with Crippen molar-refractivity contribution in [3.8, 4) is 0 Å². The van der Waals surface area contributed by atoms with Gasteiger partial charge in [-0.15, -0.1) is 0 Å². The molecule has 2 aromatic rings. The highest BCUT2D eigenvalue weighted by Gasteiger charge is 2.21. The van der Waals surface area contributed by atoms with Gasteiger partial charge >= 0.3 is 0 Å². The van der Waals surface area contributed by atoms with E-state index in [1.54, 1.807) is 0 Å². The molecule has 1 fully saturated rings. The zero-order valence-corrected chi connectivity index (χ0v) is 9.63. The lowest BCUT2D eigenvalue weighted by molar-refractivity contribution is 0.387. The van der Waals surface area contributed by atoms with Gasteiger partial charge in [0.25, 0.3) is 0 Å². The summed E-state index contributed by atoms with van der Waals surface area (Å²) < 4.78 is 5.76. The van der Waals surface area contributed by atoms with Gasteiger partial charge in [0.15, 0.2) is 11.5 Å². The zero-order valence-electron chi connectivity index (χ0n) is 8.87. The molecule has 1 aliphatic rings. The van der Waals surface area contributed by atoms with Crippen molar-refractivity contribution in [1.29, 1.82) is 0 Å². The quantitative estimate of drug-likeness (QED) is 0.827. The number of piperidine rings is 1. The molecule has 1 N–H and O–H groups in total. The van der Waals surface area contributed by atoms with E-state index in [9.17, 15) is 0 Å². The van der Waals surface area contributed by atoms with Crippen molar-refractivity contribution in [2.45, 2.75) is 18.8 Å². The summed E-state index contributed by atoms with van der Waals surface area (Å²) in [6.07, 6.45) is 2.31. The van der Waals surface area contributed by atoms with E-state index in [1.807, 2.05) is 18.2 Å². The molecule has 0 aliphatic carbocycles. The number of nitrogens with zero attached hydrogens (tertiary/aromatic N) is 1. The van der Waals surface area contributed by atoms with E-state index in [4.69, 9.17) is 16.0 Å². The monoisotopic (exact) mass is 236 g/mol. The molecule has 3 nitrogen and oxygen atoms in total. The maximum absolute atomic E-state index is 6.06. The number of para-hydroxylation sites is 1. The first-order chi connectivity index (χ1) is 7.84. The van der Waals surface area contributed by atoms with E-state index in [-0.39, 0.29) is 0 Å². The lowest BCUT2D eigenvalue weighted by Gasteiger charge is -2.19. The summed E-state index contributed by atoms with van der Waals surface area (Å²) in [7, 11) is 0. The molecule has 3 rings (SSSR count). The molecular formula is C12H13ClN2O. The first-order valence-corrected chi connectivity index (χ1v) is 5.98. The van der Waals surface area contributed by atoms with Crippen LogP contribution >= 0.6 is 11.6 Å². The number of oxazole rings is 1. The highest BCUT2D eigenvalue weighted by Crippen LogP contribution is 2.29. The highest BCUT2D eigenvalue weighted by molar-refractivity contribution is 6.34. The largest absolute Gasteiger partial charge is 0.439 e. The van der Waals surface area contributed by atoms with Crippen LogP contribution in [-0.4, -0.2) is 18.1 Å². The van der Waals surface area contributed by atoms with Crippen molar-refractivity contribution in [3.05, 3.63) is 29.1 Å². The second-order valence-corrected chi connectivity index (χ2v) is 4.59. The summed E-state index contributed by atoms with van der Waals surface area (Å²) in [5.74, 6) is 1.20. The lowest BCUT2D eigenvalue weighted by atomic mass is 10.00. The molecule has 0 spiro atoms. The predicted octanol–water partition coefficient (Wildman–Crippen LogP) is 2.95. The molecule has 1 saturated heterocycles. The van der Waals surface area contributed by atoms with Gasteiger partial charge in [-0.25, -0.2) is 4.98 Å². The van der Waals surface area contributed by atoms with Crippen LogP contribution in [0.4, 0.5) is 0 Å². The summed E-state index contributed by atoms with van der Waals surface area (Å²) in [4.78, 5) is 4.51. The molecule has 1 unspecified atom stereocenters. The first kappa shape index (κ1) is 10.1. The van der Waals surface area contributed by atoms with Gasteiger partial charge in [0.2, 0.25) is 0 Å². The van der Waals surface area contributed by atoms with Gasteiger partial charge in [0.1, 0.15) is 5.52 Å². The number of hydrogen-bond donors (Lipinski definition) is 1. The Balaban J connectivity index is 2.01. The molecule has 0 amide bonds. The Morgan fingerprint density at radius 2 is 2.38 bits per heavy atom. The van der Waals surface area contributed by atoms with E-state index in [0.29, 0.717) is 16.5 Å². The molecule has 1 aliphatic heterocycles. The Kier molecular flexibility index (Phi) is 2.58. The van der Waals surface area contributed by atoms with Gasteiger partial charge in [-0.2, -0.15) is 0 Å². The molecule has 0 saturated carbocycles. The molecule has 4 heteroatoms. The second-order valence-electron chi connectivity index (χ2n) is 4.18. The fourth-order valence-corrected chi connectivity index (χ4v) is 2.38. The number of fused-ring (bicyclic) bond motifs is 1. The van der Waals surface area contributed by atoms with Crippen molar-refractivity contribution in [2.75, 3.05) is 13.1 Å². The van der Waals surface area contributed by atoms with Gasteiger partial charge in [0, 0.05) is 12.5 Å². The Morgan fingerprint density at radius 3 is 3.12 bits per heavy atom. The van der Waals surface area contributed by atoms with Gasteiger partial charge in [-0.3, -0.25) is 0 Å². The minimum Gasteiger partial charge on any atom is -0.439 e. The minimum atomic E-state index is 0.386. The van der Waals surface area contributed by atoms with Crippen LogP contribution in [0.2, 0.25) is 5.02 Å². The van der Waals surface area contributed by atoms with Crippen molar-refractivity contribution in [1.82, 2.24) is 10.3 Å². The summed E-state index contributed by atoms with van der Waals surface area (Å²) in [6, 6.07) is 5.67. The van der Waals surface area contributed by atoms with Crippen molar-refractivity contribution < 1.29 is 4.42 Å². The maximum atomic E-state index is 6.06. The molecule has 16 heavy (non-hydrogen) atoms. The van der Waals surface area contributed by atoms with E-state index >= 15 is 0 Å². The normalized spacial score (nSPS) is 21.4. The van der Waals surface area contributed by atoms with E-state index in [2.05, 4.69) is 10.3 Å². The van der Waals surface area contributed by atoms with Crippen LogP contribution in [0.3, 0.4) is 0 Å². The summed E-state index contributed by atoms with van der Waals surface area (Å²) >= 11 is 6.06. The summed E-state index contributed by atoms with van der Waals surface area (Å²) in [6.45, 7) is 2.04. The van der Waals surface area contributed by atoms with E-state index < -0.39 is 0 Å². The third-order valence-electron chi connectivity index (χ3n) is 3.03. The standard InChI is InChI=1S/C12H13ClN2O/c13-9-4-1-5-10-11(9)16-12(15-10)8-3-2-6-14-7-8/h1,4-5,8,14H,2-3,6-7H2. The third kappa shape index (κ3) is 1.70. The first-order valence-electron chi connectivity index (χ1n) is 5.60. The number of halogens is 1. The molecule has 1 aromatic heterocycles. The predicted molar refractivity (Wildman–Crippen MR) is 63.9 cm³/mol. The molecule has 84 valence electrons. The number of nitrogens with one attached hydrogen (secondary N) is 1. The van der Waals surface area contributed by atoms with Crippen LogP contribution in [0, 0.1) is 0 Å². The summed E-state index contributed by atoms with van der Waals surface area (Å²) in [5.41, 5.74) is 1.57. The number of aromatic nitrogens is 1. The SMILES string of the molecule is Clc1cccc2nc(C3CCCNC3)oc12. The van der Waals surface area contributed by atoms with Gasteiger partial charge < -0.3 is 9.73 Å². The average molecular weight is 237 g/mol. The third-order valence-corrected chi connectivity index (χ3v) is 3.33. The number of hydrogen-bond acceptors (Lipinski definition) is 3. The minimum absolute atomic E-state index is 0.386. The van der Waals surface area contributed by atoms with Crippen LogP contribution in [-0.2, 0) is 0 Å². The molecule has 0 radical (unpaired) electrons. The number of rotatable bonds is 1. The Labute approximate surface area is 98.8 Å². The molecule has 1 aromatic carbocycles. The van der Waals surface area contributed by atoms with Gasteiger partial charge in [-0.05, 0) is 31.5 Å². The average Bonchev–Trinajstić information content (AvgIpc) is 2.76. The fraction of sp³-hybridized carbons (Fsp3) is 0.417. The Morgan fingerprint density at radius 1 is 1.44 bits per heavy atom. The maximum Gasteiger partial charge on any atom is 0.199 e. The smallest absolute Gasteiger partial charge is 0.199 e. The van der Waals surface area contributed by atoms with Crippen molar-refractivity contribution in [3.63, 3.8) is 0 Å². The Bertz CT molecular complexity index is 503. The van der Waals surface area contributed by atoms with Gasteiger partial charge in [-0.1, -0.05) is 17.7 Å². The van der Waals surface area contributed by atoms with Crippen molar-refractivity contribution in [2.24, 2.45) is 0 Å². The van der Waals surface area contributed by atoms with Crippen LogP contribution < -0.4 is 5.32 Å². The zero-order chi connectivity index (χ0) is 11.0. The molecule has 1 atom stereocenters. The van der Waals surface area contributed by atoms with E-state index in [0.717, 1.165) is 30.9 Å². The molecule has 2 heterocycles. The Hall–Kier alpha value is -1.06. The van der Waals surface area contributed by atoms with Crippen LogP contribution in [0.1, 0.15) is 24.7 Å². The lowest BCUT2D eigenvalue weighted by Crippen LogP contribution is -2.28. The van der Waals surface area contributed by atoms with Crippen molar-refractivity contribution >= 4 is 22.7 Å². The van der Waals surface area contributed by atoms with E-state index in [1.165, 1.54) is 6.42 Å². The number of benzene rings is 1. The van der Waals surface area contributed by atoms with Crippen LogP contribution in [0.25, 0.3) is 11.1 Å². The second kappa shape index (κ2) is 4.07. The molecular weight excluding hydrogens is 224 g/mol.